The topological polar surface area (TPSA) is 73.0 Å². The van der Waals surface area contributed by atoms with Crippen LogP contribution < -0.4 is 5.32 Å². The second kappa shape index (κ2) is 11.1. The zero-order valence-electron chi connectivity index (χ0n) is 22.0. The summed E-state index contributed by atoms with van der Waals surface area (Å²) < 4.78 is 15.6. The van der Waals surface area contributed by atoms with Crippen LogP contribution in [0.25, 0.3) is 11.1 Å². The zero-order chi connectivity index (χ0) is 27.8. The second-order valence-corrected chi connectivity index (χ2v) is 11.1. The first-order valence-electron chi connectivity index (χ1n) is 13.6. The summed E-state index contributed by atoms with van der Waals surface area (Å²) in [6, 6.07) is 18.9. The van der Waals surface area contributed by atoms with E-state index >= 15 is 4.39 Å². The van der Waals surface area contributed by atoms with E-state index in [4.69, 9.17) is 11.6 Å². The molecule has 6 rings (SSSR count). The van der Waals surface area contributed by atoms with Gasteiger partial charge in [0.1, 0.15) is 11.9 Å². The van der Waals surface area contributed by atoms with Crippen molar-refractivity contribution in [1.82, 2.24) is 20.0 Å². The average Bonchev–Trinajstić information content (AvgIpc) is 3.29. The number of hydrogen-bond acceptors (Lipinski definition) is 5. The molecule has 1 atom stereocenters. The molecular weight excluding hydrogens is 531 g/mol. The Labute approximate surface area is 237 Å². The highest BCUT2D eigenvalue weighted by atomic mass is 35.5. The summed E-state index contributed by atoms with van der Waals surface area (Å²) in [7, 11) is 0. The van der Waals surface area contributed by atoms with E-state index in [0.29, 0.717) is 23.2 Å². The summed E-state index contributed by atoms with van der Waals surface area (Å²) in [5, 5.41) is 3.00. The SMILES string of the molecule is O=C1CCC(N2Cc3c(ccc(CN4CCN(Cc5ccccc5-c5ccc(Cl)cc5)CC4)c3F)C2=O)C(=O)N1. The van der Waals surface area contributed by atoms with Crippen LogP contribution in [0.5, 0.6) is 0 Å². The molecule has 40 heavy (non-hydrogen) atoms. The number of benzene rings is 3. The third-order valence-electron chi connectivity index (χ3n) is 8.15. The van der Waals surface area contributed by atoms with Crippen LogP contribution >= 0.6 is 11.6 Å². The van der Waals surface area contributed by atoms with Crippen LogP contribution in [-0.2, 0) is 29.2 Å². The van der Waals surface area contributed by atoms with Crippen molar-refractivity contribution in [2.75, 3.05) is 26.2 Å². The predicted octanol–water partition coefficient (Wildman–Crippen LogP) is 4.22. The molecule has 2 fully saturated rings. The molecule has 3 aliphatic heterocycles. The van der Waals surface area contributed by atoms with Crippen molar-refractivity contribution in [3.63, 3.8) is 0 Å². The van der Waals surface area contributed by atoms with Crippen LogP contribution in [0.15, 0.2) is 60.7 Å². The van der Waals surface area contributed by atoms with Crippen LogP contribution in [0.4, 0.5) is 4.39 Å². The number of carbonyl (C=O) groups is 3. The summed E-state index contributed by atoms with van der Waals surface area (Å²) in [6.45, 7) is 4.68. The Kier molecular flexibility index (Phi) is 7.40. The molecule has 1 N–H and O–H groups in total. The van der Waals surface area contributed by atoms with E-state index in [0.717, 1.165) is 43.3 Å². The first kappa shape index (κ1) is 26.6. The average molecular weight is 561 g/mol. The maximum atomic E-state index is 15.6. The Balaban J connectivity index is 1.08. The number of carbonyl (C=O) groups excluding carboxylic acids is 3. The van der Waals surface area contributed by atoms with Gasteiger partial charge in [-0.25, -0.2) is 4.39 Å². The number of amides is 3. The van der Waals surface area contributed by atoms with Crippen molar-refractivity contribution in [2.24, 2.45) is 0 Å². The minimum Gasteiger partial charge on any atom is -0.322 e. The number of rotatable bonds is 6. The number of halogens is 2. The fourth-order valence-corrected chi connectivity index (χ4v) is 6.06. The van der Waals surface area contributed by atoms with Gasteiger partial charge in [0.2, 0.25) is 11.8 Å². The van der Waals surface area contributed by atoms with Gasteiger partial charge < -0.3 is 4.90 Å². The number of nitrogens with one attached hydrogen (secondary N) is 1. The van der Waals surface area contributed by atoms with Crippen molar-refractivity contribution in [3.05, 3.63) is 93.8 Å². The fraction of sp³-hybridized carbons (Fsp3) is 0.323. The molecule has 0 bridgehead atoms. The van der Waals surface area contributed by atoms with Crippen LogP contribution in [0, 0.1) is 5.82 Å². The summed E-state index contributed by atoms with van der Waals surface area (Å²) >= 11 is 6.08. The molecule has 3 aliphatic rings. The summed E-state index contributed by atoms with van der Waals surface area (Å²) in [4.78, 5) is 42.8. The number of imide groups is 1. The maximum absolute atomic E-state index is 15.6. The molecule has 9 heteroatoms. The summed E-state index contributed by atoms with van der Waals surface area (Å²) in [6.07, 6.45) is 0.427. The number of piperidine rings is 1. The molecule has 0 aliphatic carbocycles. The second-order valence-electron chi connectivity index (χ2n) is 10.7. The predicted molar refractivity (Wildman–Crippen MR) is 150 cm³/mol. The first-order chi connectivity index (χ1) is 19.4. The highest BCUT2D eigenvalue weighted by Gasteiger charge is 2.40. The Hall–Kier alpha value is -3.59. The minimum atomic E-state index is -0.752. The van der Waals surface area contributed by atoms with Gasteiger partial charge in [-0.05, 0) is 41.3 Å². The highest BCUT2D eigenvalue weighted by molar-refractivity contribution is 6.30. The van der Waals surface area contributed by atoms with Gasteiger partial charge in [0.25, 0.3) is 5.91 Å². The van der Waals surface area contributed by atoms with E-state index in [1.54, 1.807) is 12.1 Å². The Morgan fingerprint density at radius 2 is 1.50 bits per heavy atom. The lowest BCUT2D eigenvalue weighted by Gasteiger charge is -2.35. The zero-order valence-corrected chi connectivity index (χ0v) is 22.8. The number of hydrogen-bond donors (Lipinski definition) is 1. The van der Waals surface area contributed by atoms with Crippen molar-refractivity contribution >= 4 is 29.3 Å². The fourth-order valence-electron chi connectivity index (χ4n) is 5.93. The largest absolute Gasteiger partial charge is 0.322 e. The Morgan fingerprint density at radius 3 is 2.20 bits per heavy atom. The third-order valence-corrected chi connectivity index (χ3v) is 8.41. The maximum Gasteiger partial charge on any atom is 0.255 e. The lowest BCUT2D eigenvalue weighted by Crippen LogP contribution is -2.52. The lowest BCUT2D eigenvalue weighted by atomic mass is 9.99. The molecule has 3 heterocycles. The Bertz CT molecular complexity index is 1470. The van der Waals surface area contributed by atoms with Gasteiger partial charge in [0, 0.05) is 67.4 Å². The van der Waals surface area contributed by atoms with E-state index in [9.17, 15) is 14.4 Å². The molecule has 0 spiro atoms. The van der Waals surface area contributed by atoms with Gasteiger partial charge in [0.05, 0.1) is 6.54 Å². The van der Waals surface area contributed by atoms with Gasteiger partial charge in [-0.1, -0.05) is 54.1 Å². The van der Waals surface area contributed by atoms with Gasteiger partial charge >= 0.3 is 0 Å². The van der Waals surface area contributed by atoms with Crippen molar-refractivity contribution in [3.8, 4) is 11.1 Å². The molecule has 0 aromatic heterocycles. The summed E-state index contributed by atoms with van der Waals surface area (Å²) in [5.41, 5.74) is 4.79. The standard InChI is InChI=1S/C31H30ClFN4O3/c32-23-8-5-20(6-9-23)24-4-2-1-3-21(24)17-35-13-15-36(16-14-35)18-22-7-10-25-26(29(22)33)19-37(31(25)40)27-11-12-28(38)34-30(27)39/h1-10,27H,11-19H2,(H,34,38,39). The molecule has 0 radical (unpaired) electrons. The molecule has 3 amide bonds. The number of fused-ring (bicyclic) bond motifs is 1. The minimum absolute atomic E-state index is 0.0426. The smallest absolute Gasteiger partial charge is 0.255 e. The number of piperazine rings is 1. The van der Waals surface area contributed by atoms with Gasteiger partial charge in [-0.2, -0.15) is 0 Å². The van der Waals surface area contributed by atoms with E-state index in [1.807, 2.05) is 30.3 Å². The normalized spacial score (nSPS) is 20.1. The van der Waals surface area contributed by atoms with Crippen LogP contribution in [0.2, 0.25) is 5.02 Å². The molecule has 0 saturated carbocycles. The van der Waals surface area contributed by atoms with E-state index in [1.165, 1.54) is 16.0 Å². The molecule has 3 aromatic rings. The third kappa shape index (κ3) is 5.27. The number of nitrogens with zero attached hydrogens (tertiary/aromatic N) is 3. The van der Waals surface area contributed by atoms with Gasteiger partial charge in [-0.3, -0.25) is 29.5 Å². The first-order valence-corrected chi connectivity index (χ1v) is 14.0. The Morgan fingerprint density at radius 1 is 0.825 bits per heavy atom. The van der Waals surface area contributed by atoms with E-state index in [-0.39, 0.29) is 37.0 Å². The molecule has 7 nitrogen and oxygen atoms in total. The molecule has 1 unspecified atom stereocenters. The monoisotopic (exact) mass is 560 g/mol. The van der Waals surface area contributed by atoms with Crippen LogP contribution in [0.3, 0.4) is 0 Å². The molecule has 3 aromatic carbocycles. The van der Waals surface area contributed by atoms with Gasteiger partial charge in [-0.15, -0.1) is 0 Å². The van der Waals surface area contributed by atoms with Crippen molar-refractivity contribution in [2.45, 2.75) is 38.5 Å². The van der Waals surface area contributed by atoms with Crippen LogP contribution in [-0.4, -0.2) is 64.6 Å². The molecule has 206 valence electrons. The summed E-state index contributed by atoms with van der Waals surface area (Å²) in [5.74, 6) is -1.57. The van der Waals surface area contributed by atoms with Crippen molar-refractivity contribution < 1.29 is 18.8 Å². The highest BCUT2D eigenvalue weighted by Crippen LogP contribution is 2.31. The van der Waals surface area contributed by atoms with Gasteiger partial charge in [0.15, 0.2) is 0 Å². The lowest BCUT2D eigenvalue weighted by molar-refractivity contribution is -0.136. The molecular formula is C31H30ClFN4O3. The van der Waals surface area contributed by atoms with E-state index < -0.39 is 11.9 Å². The van der Waals surface area contributed by atoms with Crippen molar-refractivity contribution in [1.29, 1.82) is 0 Å². The quantitative estimate of drug-likeness (QED) is 0.457. The molecule has 2 saturated heterocycles. The van der Waals surface area contributed by atoms with Crippen LogP contribution in [0.1, 0.15) is 39.9 Å². The van der Waals surface area contributed by atoms with E-state index in [2.05, 4.69) is 33.3 Å².